The summed E-state index contributed by atoms with van der Waals surface area (Å²) in [4.78, 5) is 11.8. The van der Waals surface area contributed by atoms with E-state index in [9.17, 15) is 4.79 Å². The first-order valence-corrected chi connectivity index (χ1v) is 6.51. The molecule has 0 unspecified atom stereocenters. The van der Waals surface area contributed by atoms with Crippen LogP contribution in [0.1, 0.15) is 0 Å². The summed E-state index contributed by atoms with van der Waals surface area (Å²) in [5.41, 5.74) is 1.22. The van der Waals surface area contributed by atoms with Crippen molar-refractivity contribution in [2.45, 2.75) is 0 Å². The zero-order valence-corrected chi connectivity index (χ0v) is 12.1. The zero-order valence-electron chi connectivity index (χ0n) is 10.6. The summed E-state index contributed by atoms with van der Waals surface area (Å²) in [6.07, 6.45) is 0. The number of amides is 2. The number of methoxy groups -OCH3 is 1. The average Bonchev–Trinajstić information content (AvgIpc) is 2.41. The number of benzene rings is 2. The first-order valence-electron chi connectivity index (χ1n) is 5.75. The summed E-state index contributed by atoms with van der Waals surface area (Å²) in [6, 6.07) is 11.4. The van der Waals surface area contributed by atoms with E-state index < -0.39 is 0 Å². The van der Waals surface area contributed by atoms with Crippen LogP contribution in [0, 0.1) is 0 Å². The van der Waals surface area contributed by atoms with Gasteiger partial charge in [0.1, 0.15) is 5.75 Å². The van der Waals surface area contributed by atoms with Crippen molar-refractivity contribution in [2.24, 2.45) is 0 Å². The Balaban J connectivity index is 2.01. The van der Waals surface area contributed by atoms with Crippen LogP contribution in [0.3, 0.4) is 0 Å². The van der Waals surface area contributed by atoms with Gasteiger partial charge >= 0.3 is 6.03 Å². The van der Waals surface area contributed by atoms with Gasteiger partial charge in [-0.05, 0) is 42.5 Å². The van der Waals surface area contributed by atoms with Crippen molar-refractivity contribution in [2.75, 3.05) is 17.7 Å². The van der Waals surface area contributed by atoms with Crippen molar-refractivity contribution in [1.29, 1.82) is 0 Å². The number of rotatable bonds is 3. The van der Waals surface area contributed by atoms with Gasteiger partial charge in [0.15, 0.2) is 0 Å². The standard InChI is InChI=1S/C14H12Cl2N2O2/c1-20-13-7-6-11(8-12(13)16)18-14(19)17-10-4-2-9(15)3-5-10/h2-8H,1H3,(H2,17,18,19). The summed E-state index contributed by atoms with van der Waals surface area (Å²) in [7, 11) is 1.53. The maximum absolute atomic E-state index is 11.8. The highest BCUT2D eigenvalue weighted by molar-refractivity contribution is 6.32. The Morgan fingerprint density at radius 1 is 1.00 bits per heavy atom. The Kier molecular flexibility index (Phi) is 4.71. The molecule has 0 aliphatic carbocycles. The van der Waals surface area contributed by atoms with Crippen LogP contribution >= 0.6 is 23.2 Å². The molecule has 0 aromatic heterocycles. The highest BCUT2D eigenvalue weighted by atomic mass is 35.5. The number of carbonyl (C=O) groups excluding carboxylic acids is 1. The van der Waals surface area contributed by atoms with E-state index in [0.29, 0.717) is 27.2 Å². The maximum Gasteiger partial charge on any atom is 0.323 e. The summed E-state index contributed by atoms with van der Waals surface area (Å²) >= 11 is 11.7. The van der Waals surface area contributed by atoms with Gasteiger partial charge < -0.3 is 15.4 Å². The molecule has 20 heavy (non-hydrogen) atoms. The number of ether oxygens (including phenoxy) is 1. The Labute approximate surface area is 126 Å². The van der Waals surface area contributed by atoms with Crippen LogP contribution in [0.15, 0.2) is 42.5 Å². The van der Waals surface area contributed by atoms with Crippen LogP contribution in [0.4, 0.5) is 16.2 Å². The van der Waals surface area contributed by atoms with Gasteiger partial charge in [-0.25, -0.2) is 4.79 Å². The molecule has 2 aromatic carbocycles. The zero-order chi connectivity index (χ0) is 14.5. The molecule has 0 atom stereocenters. The van der Waals surface area contributed by atoms with Gasteiger partial charge in [-0.1, -0.05) is 23.2 Å². The van der Waals surface area contributed by atoms with Crippen LogP contribution in [0.5, 0.6) is 5.75 Å². The minimum atomic E-state index is -0.367. The largest absolute Gasteiger partial charge is 0.495 e. The van der Waals surface area contributed by atoms with E-state index in [2.05, 4.69) is 10.6 Å². The number of urea groups is 1. The van der Waals surface area contributed by atoms with Crippen molar-refractivity contribution in [3.63, 3.8) is 0 Å². The lowest BCUT2D eigenvalue weighted by molar-refractivity contribution is 0.262. The van der Waals surface area contributed by atoms with Gasteiger partial charge in [-0.2, -0.15) is 0 Å². The topological polar surface area (TPSA) is 50.4 Å². The molecule has 0 fully saturated rings. The van der Waals surface area contributed by atoms with Gasteiger partial charge in [-0.15, -0.1) is 0 Å². The summed E-state index contributed by atoms with van der Waals surface area (Å²) in [5, 5.41) is 6.39. The molecular weight excluding hydrogens is 299 g/mol. The second-order valence-corrected chi connectivity index (χ2v) is 4.78. The van der Waals surface area contributed by atoms with E-state index in [1.807, 2.05) is 0 Å². The monoisotopic (exact) mass is 310 g/mol. The molecule has 0 heterocycles. The second-order valence-electron chi connectivity index (χ2n) is 3.94. The molecule has 0 aliphatic heterocycles. The average molecular weight is 311 g/mol. The fourth-order valence-electron chi connectivity index (χ4n) is 1.57. The molecule has 2 aromatic rings. The Bertz CT molecular complexity index is 615. The van der Waals surface area contributed by atoms with Crippen molar-refractivity contribution in [3.05, 3.63) is 52.5 Å². The third-order valence-electron chi connectivity index (χ3n) is 2.51. The first-order chi connectivity index (χ1) is 9.58. The predicted molar refractivity (Wildman–Crippen MR) is 82.1 cm³/mol. The highest BCUT2D eigenvalue weighted by Crippen LogP contribution is 2.27. The summed E-state index contributed by atoms with van der Waals surface area (Å²) in [6.45, 7) is 0. The molecule has 0 saturated carbocycles. The van der Waals surface area contributed by atoms with Gasteiger partial charge in [0.25, 0.3) is 0 Å². The number of hydrogen-bond acceptors (Lipinski definition) is 2. The van der Waals surface area contributed by atoms with Gasteiger partial charge in [0, 0.05) is 16.4 Å². The molecule has 4 nitrogen and oxygen atoms in total. The molecule has 0 spiro atoms. The third kappa shape index (κ3) is 3.79. The number of anilines is 2. The minimum absolute atomic E-state index is 0.367. The van der Waals surface area contributed by atoms with Crippen LogP contribution in [-0.2, 0) is 0 Å². The van der Waals surface area contributed by atoms with Crippen LogP contribution < -0.4 is 15.4 Å². The lowest BCUT2D eigenvalue weighted by Gasteiger charge is -2.09. The van der Waals surface area contributed by atoms with E-state index in [1.54, 1.807) is 42.5 Å². The molecule has 0 saturated heterocycles. The molecule has 0 aliphatic rings. The molecule has 0 radical (unpaired) electrons. The fraction of sp³-hybridized carbons (Fsp3) is 0.0714. The van der Waals surface area contributed by atoms with Gasteiger partial charge in [-0.3, -0.25) is 0 Å². The molecular formula is C14H12Cl2N2O2. The smallest absolute Gasteiger partial charge is 0.323 e. The summed E-state index contributed by atoms with van der Waals surface area (Å²) < 4.78 is 5.04. The van der Waals surface area contributed by atoms with E-state index in [0.717, 1.165) is 0 Å². The fourth-order valence-corrected chi connectivity index (χ4v) is 1.95. The van der Waals surface area contributed by atoms with Crippen LogP contribution in [0.2, 0.25) is 10.0 Å². The molecule has 104 valence electrons. The highest BCUT2D eigenvalue weighted by Gasteiger charge is 2.05. The van der Waals surface area contributed by atoms with Crippen molar-refractivity contribution in [1.82, 2.24) is 0 Å². The predicted octanol–water partition coefficient (Wildman–Crippen LogP) is 4.65. The second kappa shape index (κ2) is 6.50. The SMILES string of the molecule is COc1ccc(NC(=O)Nc2ccc(Cl)cc2)cc1Cl. The van der Waals surface area contributed by atoms with Crippen LogP contribution in [0.25, 0.3) is 0 Å². The van der Waals surface area contributed by atoms with E-state index in [4.69, 9.17) is 27.9 Å². The number of carbonyl (C=O) groups is 1. The van der Waals surface area contributed by atoms with Crippen LogP contribution in [-0.4, -0.2) is 13.1 Å². The van der Waals surface area contributed by atoms with Gasteiger partial charge in [0.05, 0.1) is 12.1 Å². The van der Waals surface area contributed by atoms with Gasteiger partial charge in [0.2, 0.25) is 0 Å². The minimum Gasteiger partial charge on any atom is -0.495 e. The van der Waals surface area contributed by atoms with E-state index >= 15 is 0 Å². The van der Waals surface area contributed by atoms with E-state index in [-0.39, 0.29) is 6.03 Å². The molecule has 2 N–H and O–H groups in total. The first kappa shape index (κ1) is 14.5. The lowest BCUT2D eigenvalue weighted by atomic mass is 10.3. The molecule has 6 heteroatoms. The Morgan fingerprint density at radius 2 is 1.60 bits per heavy atom. The molecule has 0 bridgehead atoms. The summed E-state index contributed by atoms with van der Waals surface area (Å²) in [5.74, 6) is 0.551. The molecule has 2 rings (SSSR count). The third-order valence-corrected chi connectivity index (χ3v) is 3.06. The number of nitrogens with one attached hydrogen (secondary N) is 2. The van der Waals surface area contributed by atoms with Crippen molar-refractivity contribution < 1.29 is 9.53 Å². The normalized spacial score (nSPS) is 9.95. The number of hydrogen-bond donors (Lipinski definition) is 2. The van der Waals surface area contributed by atoms with Crippen molar-refractivity contribution in [3.8, 4) is 5.75 Å². The number of halogens is 2. The quantitative estimate of drug-likeness (QED) is 0.867. The van der Waals surface area contributed by atoms with E-state index in [1.165, 1.54) is 7.11 Å². The van der Waals surface area contributed by atoms with Crippen molar-refractivity contribution >= 4 is 40.6 Å². The Morgan fingerprint density at radius 3 is 2.20 bits per heavy atom. The lowest BCUT2D eigenvalue weighted by Crippen LogP contribution is -2.19. The Hall–Kier alpha value is -1.91. The molecule has 2 amide bonds. The maximum atomic E-state index is 11.8.